The van der Waals surface area contributed by atoms with E-state index in [1.165, 1.54) is 0 Å². The van der Waals surface area contributed by atoms with Gasteiger partial charge in [0.2, 0.25) is 0 Å². The molecule has 4 heteroatoms. The van der Waals surface area contributed by atoms with Gasteiger partial charge in [-0.25, -0.2) is 0 Å². The molecule has 2 nitrogen and oxygen atoms in total. The molecule has 0 saturated carbocycles. The fourth-order valence-electron chi connectivity index (χ4n) is 0. The third-order valence-corrected chi connectivity index (χ3v) is 0. The molecular weight excluding hydrogens is 190 g/mol. The van der Waals surface area contributed by atoms with E-state index in [9.17, 15) is 0 Å². The van der Waals surface area contributed by atoms with Gasteiger partial charge in [-0.15, -0.1) is 0 Å². The summed E-state index contributed by atoms with van der Waals surface area (Å²) >= 11 is -1.62. The summed E-state index contributed by atoms with van der Waals surface area (Å²) in [6.45, 7) is 0. The fraction of sp³-hybridized carbons (Fsp3) is 0. The second kappa shape index (κ2) is 9.43. The summed E-state index contributed by atoms with van der Waals surface area (Å²) in [6, 6.07) is 0. The Kier molecular flexibility index (Phi) is 20.8. The molecule has 0 aromatic heterocycles. The summed E-state index contributed by atoms with van der Waals surface area (Å²) in [5.41, 5.74) is 0. The van der Waals surface area contributed by atoms with Gasteiger partial charge in [0.1, 0.15) is 0 Å². The average molecular weight is 190 g/mol. The summed E-state index contributed by atoms with van der Waals surface area (Å²) in [5, 5.41) is 0. The van der Waals surface area contributed by atoms with E-state index < -0.39 is 14.8 Å². The van der Waals surface area contributed by atoms with Gasteiger partial charge >= 0.3 is 22.5 Å². The molecule has 0 fully saturated rings. The minimum Gasteiger partial charge on any atom is 0 e. The first kappa shape index (κ1) is 8.82. The van der Waals surface area contributed by atoms with Crippen LogP contribution in [0.5, 0.6) is 0 Å². The van der Waals surface area contributed by atoms with Crippen LogP contribution >= 0.6 is 0 Å². The van der Waals surface area contributed by atoms with E-state index in [0.717, 1.165) is 0 Å². The van der Waals surface area contributed by atoms with Crippen molar-refractivity contribution in [3.05, 3.63) is 0 Å². The predicted molar refractivity (Wildman–Crippen MR) is 12.9 cm³/mol. The second-order valence-corrected chi connectivity index (χ2v) is 0.354. The second-order valence-electron chi connectivity index (χ2n) is 0.0680. The normalized spacial score (nSPS) is 3.00. The van der Waals surface area contributed by atoms with Crippen molar-refractivity contribution in [3.8, 4) is 0 Å². The van der Waals surface area contributed by atoms with E-state index in [-0.39, 0.29) is 17.1 Å². The molecule has 0 spiro atoms. The summed E-state index contributed by atoms with van der Waals surface area (Å²) in [7, 11) is 0. The molecule has 0 unspecified atom stereocenters. The van der Waals surface area contributed by atoms with Gasteiger partial charge in [0, 0.05) is 17.1 Å². The number of hydrogen-bond donors (Lipinski definition) is 0. The predicted octanol–water partition coefficient (Wildman–Crippen LogP) is -0.999. The van der Waals surface area contributed by atoms with Crippen molar-refractivity contribution in [3.63, 3.8) is 0 Å². The SMILES string of the molecule is O=[Se]=O.[Se]. The van der Waals surface area contributed by atoms with E-state index in [2.05, 4.69) is 0 Å². The summed E-state index contributed by atoms with van der Waals surface area (Å²) in [4.78, 5) is 0. The maximum atomic E-state index is 8.44. The smallest absolute Gasteiger partial charge is 0 e. The van der Waals surface area contributed by atoms with Crippen molar-refractivity contribution in [1.82, 2.24) is 0 Å². The molecule has 0 amide bonds. The van der Waals surface area contributed by atoms with E-state index in [4.69, 9.17) is 7.67 Å². The van der Waals surface area contributed by atoms with Crippen molar-refractivity contribution in [2.45, 2.75) is 0 Å². The van der Waals surface area contributed by atoms with Crippen LogP contribution in [0.3, 0.4) is 0 Å². The van der Waals surface area contributed by atoms with Gasteiger partial charge in [-0.05, 0) is 0 Å². The summed E-state index contributed by atoms with van der Waals surface area (Å²) < 4.78 is 16.9. The Hall–Kier alpha value is 0.639. The third-order valence-electron chi connectivity index (χ3n) is 0. The molecule has 0 aliphatic heterocycles. The van der Waals surface area contributed by atoms with Crippen LogP contribution in [0.4, 0.5) is 0 Å². The van der Waals surface area contributed by atoms with Gasteiger partial charge < -0.3 is 0 Å². The number of rotatable bonds is 0. The molecule has 0 N–H and O–H groups in total. The van der Waals surface area contributed by atoms with E-state index >= 15 is 0 Å². The largest absolute Gasteiger partial charge is 0 e. The van der Waals surface area contributed by atoms with E-state index in [1.54, 1.807) is 0 Å². The Balaban J connectivity index is 0. The van der Waals surface area contributed by atoms with Crippen LogP contribution in [-0.2, 0) is 7.67 Å². The summed E-state index contributed by atoms with van der Waals surface area (Å²) in [5.74, 6) is 0. The van der Waals surface area contributed by atoms with Gasteiger partial charge in [-0.3, -0.25) is 0 Å². The Morgan fingerprint density at radius 2 is 1.25 bits per heavy atom. The Labute approximate surface area is 40.0 Å². The average Bonchev–Trinajstić information content (AvgIpc) is 0.918. The molecular formula is O2Se2. The Bertz CT molecular complexity index is 25.0. The van der Waals surface area contributed by atoms with Gasteiger partial charge in [-0.2, -0.15) is 0 Å². The van der Waals surface area contributed by atoms with Crippen molar-refractivity contribution >= 4 is 31.9 Å². The standard InChI is InChI=1S/O2Se.Se/c1-3-2;. The molecule has 0 rings (SSSR count). The van der Waals surface area contributed by atoms with Crippen LogP contribution in [-0.4, -0.2) is 31.9 Å². The molecule has 4 heavy (non-hydrogen) atoms. The molecule has 0 aliphatic rings. The van der Waals surface area contributed by atoms with Crippen molar-refractivity contribution in [1.29, 1.82) is 0 Å². The molecule has 0 aromatic rings. The molecule has 0 heterocycles. The van der Waals surface area contributed by atoms with Crippen molar-refractivity contribution in [2.24, 2.45) is 0 Å². The molecule has 0 bridgehead atoms. The Morgan fingerprint density at radius 3 is 1.25 bits per heavy atom. The van der Waals surface area contributed by atoms with Crippen LogP contribution in [0.15, 0.2) is 0 Å². The van der Waals surface area contributed by atoms with E-state index in [1.807, 2.05) is 0 Å². The van der Waals surface area contributed by atoms with Crippen LogP contribution in [0.25, 0.3) is 0 Å². The first-order valence-corrected chi connectivity index (χ1v) is 1.73. The molecule has 2 radical (unpaired) electrons. The van der Waals surface area contributed by atoms with Gasteiger partial charge in [-0.1, -0.05) is 0 Å². The molecule has 24 valence electrons. The number of hydrogen-bond acceptors (Lipinski definition) is 2. The van der Waals surface area contributed by atoms with E-state index in [0.29, 0.717) is 0 Å². The Morgan fingerprint density at radius 1 is 1.25 bits per heavy atom. The van der Waals surface area contributed by atoms with Crippen LogP contribution in [0.2, 0.25) is 0 Å². The summed E-state index contributed by atoms with van der Waals surface area (Å²) in [6.07, 6.45) is 0. The van der Waals surface area contributed by atoms with Gasteiger partial charge in [0.05, 0.1) is 0 Å². The topological polar surface area (TPSA) is 34.1 Å². The zero-order valence-corrected chi connectivity index (χ0v) is 5.06. The van der Waals surface area contributed by atoms with Crippen molar-refractivity contribution in [2.75, 3.05) is 0 Å². The van der Waals surface area contributed by atoms with Crippen LogP contribution in [0.1, 0.15) is 0 Å². The maximum absolute atomic E-state index is 8.44. The maximum Gasteiger partial charge on any atom is 0 e. The first-order chi connectivity index (χ1) is 1.41. The monoisotopic (exact) mass is 192 g/mol. The quantitative estimate of drug-likeness (QED) is 0.459. The van der Waals surface area contributed by atoms with Crippen molar-refractivity contribution < 1.29 is 7.67 Å². The molecule has 0 saturated heterocycles. The molecule has 0 atom stereocenters. The minimum absolute atomic E-state index is 0. The first-order valence-electron chi connectivity index (χ1n) is 0.333. The molecule has 0 aliphatic carbocycles. The van der Waals surface area contributed by atoms with Crippen LogP contribution in [0, 0.1) is 0 Å². The molecule has 0 aromatic carbocycles. The zero-order chi connectivity index (χ0) is 2.71. The van der Waals surface area contributed by atoms with Gasteiger partial charge in [0.25, 0.3) is 0 Å². The minimum atomic E-state index is -1.62. The third kappa shape index (κ3) is 17.4. The van der Waals surface area contributed by atoms with Crippen LogP contribution < -0.4 is 0 Å². The van der Waals surface area contributed by atoms with Gasteiger partial charge in [0.15, 0.2) is 0 Å². The fourth-order valence-corrected chi connectivity index (χ4v) is 0. The zero-order valence-electron chi connectivity index (χ0n) is 1.63.